The summed E-state index contributed by atoms with van der Waals surface area (Å²) in [7, 11) is 0. The molecule has 338 valence electrons. The van der Waals surface area contributed by atoms with Gasteiger partial charge >= 0.3 is 11.9 Å². The van der Waals surface area contributed by atoms with Crippen molar-refractivity contribution in [1.29, 1.82) is 0 Å². The van der Waals surface area contributed by atoms with Crippen LogP contribution in [0.5, 0.6) is 0 Å². The predicted octanol–water partition coefficient (Wildman–Crippen LogP) is 4.88. The van der Waals surface area contributed by atoms with Crippen LogP contribution in [0.1, 0.15) is 97.5 Å². The van der Waals surface area contributed by atoms with E-state index in [1.807, 2.05) is 30.3 Å². The van der Waals surface area contributed by atoms with Gasteiger partial charge in [-0.05, 0) is 92.3 Å². The first kappa shape index (κ1) is 43.0. The number of carbonyl (C=O) groups excluding carboxylic acids is 4. The molecular formula is C50H57N3O11. The standard InChI is InChI=1S/C50H57N3O11/c1-48(2,3)61-40(55)20-18-36(28-54)52-45(56)32-14-8-9-30(21-32)26-51-47(58)50-25-39-41-42(63-49(62-41)23-33-11-5-6-12-34(33)24-49)44(50)64-53(43(50)46(57)60-39)27-35-13-7-4-10-31(35)17-15-29-16-19-37-38(22-29)59-37/h4-15,17,21,29,36-39,41-44,54H,16,18-20,22-28H2,1-3H3,(H,51,58)(H,52,56). The smallest absolute Gasteiger partial charge is 0.327 e. The van der Waals surface area contributed by atoms with Crippen molar-refractivity contribution in [3.05, 3.63) is 112 Å². The molecule has 0 aromatic heterocycles. The lowest BCUT2D eigenvalue weighted by Gasteiger charge is -2.48. The molecular weight excluding hydrogens is 819 g/mol. The van der Waals surface area contributed by atoms with E-state index in [0.717, 1.165) is 41.5 Å². The van der Waals surface area contributed by atoms with Gasteiger partial charge in [-0.25, -0.2) is 0 Å². The van der Waals surface area contributed by atoms with Crippen molar-refractivity contribution >= 4 is 29.8 Å². The maximum Gasteiger partial charge on any atom is 0.327 e. The third-order valence-electron chi connectivity index (χ3n) is 14.0. The Balaban J connectivity index is 0.890. The molecule has 64 heavy (non-hydrogen) atoms. The van der Waals surface area contributed by atoms with Gasteiger partial charge < -0.3 is 39.4 Å². The first-order valence-electron chi connectivity index (χ1n) is 22.8. The van der Waals surface area contributed by atoms with E-state index >= 15 is 4.79 Å². The van der Waals surface area contributed by atoms with Crippen molar-refractivity contribution in [2.24, 2.45) is 11.3 Å². The Morgan fingerprint density at radius 3 is 2.48 bits per heavy atom. The highest BCUT2D eigenvalue weighted by molar-refractivity contribution is 5.95. The van der Waals surface area contributed by atoms with Crippen LogP contribution in [0.4, 0.5) is 0 Å². The normalized spacial score (nSPS) is 31.2. The summed E-state index contributed by atoms with van der Waals surface area (Å²) in [6.07, 6.45) is 6.85. The largest absolute Gasteiger partial charge is 0.460 e. The Morgan fingerprint density at radius 1 is 0.953 bits per heavy atom. The number of nitrogens with zero attached hydrogens (tertiary/aromatic N) is 1. The van der Waals surface area contributed by atoms with Gasteiger partial charge in [0.2, 0.25) is 5.91 Å². The van der Waals surface area contributed by atoms with E-state index < -0.39 is 71.1 Å². The minimum atomic E-state index is -1.40. The summed E-state index contributed by atoms with van der Waals surface area (Å²) < 4.78 is 31.1. The highest BCUT2D eigenvalue weighted by Gasteiger charge is 2.76. The second-order valence-electron chi connectivity index (χ2n) is 19.6. The zero-order chi connectivity index (χ0) is 44.4. The maximum atomic E-state index is 15.1. The zero-order valence-corrected chi connectivity index (χ0v) is 36.5. The average Bonchev–Trinajstić information content (AvgIpc) is 3.62. The molecule has 4 heterocycles. The summed E-state index contributed by atoms with van der Waals surface area (Å²) in [5, 5.41) is 17.6. The molecule has 10 unspecified atom stereocenters. The second kappa shape index (κ2) is 16.8. The van der Waals surface area contributed by atoms with Crippen molar-refractivity contribution in [3.8, 4) is 0 Å². The number of epoxide rings is 1. The Kier molecular flexibility index (Phi) is 11.3. The van der Waals surface area contributed by atoms with Crippen LogP contribution in [0.2, 0.25) is 0 Å². The minimum Gasteiger partial charge on any atom is -0.460 e. The number of carbonyl (C=O) groups is 4. The summed E-state index contributed by atoms with van der Waals surface area (Å²) in [5.74, 6) is -2.35. The monoisotopic (exact) mass is 875 g/mol. The minimum absolute atomic E-state index is 0.0301. The Hall–Kier alpha value is -4.96. The summed E-state index contributed by atoms with van der Waals surface area (Å²) in [5.41, 5.74) is 3.12. The second-order valence-corrected chi connectivity index (χ2v) is 19.6. The van der Waals surface area contributed by atoms with Crippen LogP contribution in [0.15, 0.2) is 78.9 Å². The summed E-state index contributed by atoms with van der Waals surface area (Å²) in [6, 6.07) is 21.3. The molecule has 2 saturated carbocycles. The lowest BCUT2D eigenvalue weighted by Crippen LogP contribution is -2.69. The zero-order valence-electron chi connectivity index (χ0n) is 36.5. The molecule has 6 fully saturated rings. The van der Waals surface area contributed by atoms with Crippen molar-refractivity contribution in [2.45, 2.75) is 145 Å². The molecule has 1 spiro atoms. The molecule has 4 aliphatic heterocycles. The van der Waals surface area contributed by atoms with Gasteiger partial charge in [-0.3, -0.25) is 24.0 Å². The topological polar surface area (TPSA) is 174 Å². The van der Waals surface area contributed by atoms with Crippen molar-refractivity contribution < 1.29 is 52.8 Å². The number of fused-ring (bicyclic) bond motifs is 6. The first-order chi connectivity index (χ1) is 30.8. The van der Waals surface area contributed by atoms with E-state index in [-0.39, 0.29) is 44.9 Å². The molecule has 3 aromatic rings. The van der Waals surface area contributed by atoms with Crippen LogP contribution in [0.25, 0.3) is 6.08 Å². The molecule has 0 radical (unpaired) electrons. The first-order valence-corrected chi connectivity index (χ1v) is 22.8. The average molecular weight is 876 g/mol. The lowest BCUT2D eigenvalue weighted by molar-refractivity contribution is -0.217. The SMILES string of the molecule is CC(C)(C)OC(=O)CCC(CO)NC(=O)c1cccc(CNC(=O)C23CC4OC(=O)C2N(Cc2ccccc2C=CC2CCC5OC5C2)OC3C2OC3(Cc5ccccc5C3)OC42)c1. The fourth-order valence-electron chi connectivity index (χ4n) is 10.9. The number of rotatable bonds is 13. The number of aliphatic hydroxyl groups excluding tert-OH is 1. The van der Waals surface area contributed by atoms with Crippen LogP contribution in [0, 0.1) is 11.3 Å². The van der Waals surface area contributed by atoms with Crippen LogP contribution in [-0.2, 0) is 68.8 Å². The van der Waals surface area contributed by atoms with Crippen LogP contribution < -0.4 is 10.6 Å². The number of nitrogens with one attached hydrogen (secondary N) is 2. The number of hydroxylamine groups is 2. The van der Waals surface area contributed by atoms with Crippen LogP contribution in [-0.4, -0.2) is 101 Å². The maximum absolute atomic E-state index is 15.1. The van der Waals surface area contributed by atoms with Gasteiger partial charge in [0.05, 0.1) is 31.4 Å². The van der Waals surface area contributed by atoms with Gasteiger partial charge in [0.25, 0.3) is 5.91 Å². The number of hydrogen-bond acceptors (Lipinski definition) is 12. The summed E-state index contributed by atoms with van der Waals surface area (Å²) in [4.78, 5) is 62.1. The third kappa shape index (κ3) is 8.29. The third-order valence-corrected chi connectivity index (χ3v) is 14.0. The number of amides is 2. The fourth-order valence-corrected chi connectivity index (χ4v) is 10.9. The molecule has 14 heteroatoms. The Labute approximate surface area is 372 Å². The van der Waals surface area contributed by atoms with E-state index in [1.54, 1.807) is 50.1 Å². The highest BCUT2D eigenvalue weighted by atomic mass is 16.8. The number of allylic oxidation sites excluding steroid dienone is 1. The van der Waals surface area contributed by atoms with E-state index in [4.69, 9.17) is 28.5 Å². The molecule has 3 aliphatic carbocycles. The van der Waals surface area contributed by atoms with Gasteiger partial charge in [0.1, 0.15) is 35.4 Å². The van der Waals surface area contributed by atoms with Gasteiger partial charge in [0.15, 0.2) is 11.8 Å². The molecule has 10 atom stereocenters. The molecule has 14 nitrogen and oxygen atoms in total. The van der Waals surface area contributed by atoms with Gasteiger partial charge in [-0.15, -0.1) is 0 Å². The molecule has 3 N–H and O–H groups in total. The van der Waals surface area contributed by atoms with Gasteiger partial charge in [-0.1, -0.05) is 72.8 Å². The van der Waals surface area contributed by atoms with Gasteiger partial charge in [-0.2, -0.15) is 5.06 Å². The fraction of sp³-hybridized carbons (Fsp3) is 0.520. The summed E-state index contributed by atoms with van der Waals surface area (Å²) >= 11 is 0. The Morgan fingerprint density at radius 2 is 1.72 bits per heavy atom. The Bertz CT molecular complexity index is 2320. The predicted molar refractivity (Wildman–Crippen MR) is 231 cm³/mol. The molecule has 2 bridgehead atoms. The van der Waals surface area contributed by atoms with E-state index in [9.17, 15) is 19.5 Å². The molecule has 4 saturated heterocycles. The van der Waals surface area contributed by atoms with Crippen molar-refractivity contribution in [2.75, 3.05) is 6.61 Å². The number of hydrogen-bond donors (Lipinski definition) is 3. The number of esters is 2. The van der Waals surface area contributed by atoms with E-state index in [2.05, 4.69) is 41.0 Å². The summed E-state index contributed by atoms with van der Waals surface area (Å²) in [6.45, 7) is 5.24. The van der Waals surface area contributed by atoms with Crippen LogP contribution in [0.3, 0.4) is 0 Å². The molecule has 2 amide bonds. The van der Waals surface area contributed by atoms with Gasteiger partial charge in [0, 0.05) is 37.8 Å². The molecule has 10 rings (SSSR count). The molecule has 7 aliphatic rings. The van der Waals surface area contributed by atoms with Crippen molar-refractivity contribution in [1.82, 2.24) is 15.7 Å². The highest BCUT2D eigenvalue weighted by Crippen LogP contribution is 2.58. The quantitative estimate of drug-likeness (QED) is 0.157. The van der Waals surface area contributed by atoms with E-state index in [1.165, 1.54) is 0 Å². The van der Waals surface area contributed by atoms with Crippen molar-refractivity contribution in [3.63, 3.8) is 0 Å². The van der Waals surface area contributed by atoms with Crippen LogP contribution >= 0.6 is 0 Å². The molecule has 3 aromatic carbocycles. The number of aliphatic hydroxyl groups is 1. The van der Waals surface area contributed by atoms with E-state index in [0.29, 0.717) is 42.1 Å². The number of benzene rings is 3. The number of ether oxygens (including phenoxy) is 5. The lowest BCUT2D eigenvalue weighted by atomic mass is 9.62.